The normalized spacial score (nSPS) is 23.8. The predicted molar refractivity (Wildman–Crippen MR) is 86.6 cm³/mol. The van der Waals surface area contributed by atoms with Gasteiger partial charge < -0.3 is 10.1 Å². The number of nitrogens with one attached hydrogen (secondary N) is 1. The van der Waals surface area contributed by atoms with Crippen molar-refractivity contribution < 1.29 is 4.74 Å². The highest BCUT2D eigenvalue weighted by Crippen LogP contribution is 2.43. The molecule has 1 aliphatic carbocycles. The SMILES string of the molecule is CCCNC1CC(Oc2ccc3cccnc3c2)C1(C)C. The lowest BCUT2D eigenvalue weighted by molar-refractivity contribution is -0.0545. The molecular weight excluding hydrogens is 260 g/mol. The van der Waals surface area contributed by atoms with Crippen molar-refractivity contribution in [3.63, 3.8) is 0 Å². The highest BCUT2D eigenvalue weighted by Gasteiger charge is 2.49. The Morgan fingerprint density at radius 3 is 2.95 bits per heavy atom. The zero-order valence-corrected chi connectivity index (χ0v) is 13.1. The predicted octanol–water partition coefficient (Wildman–Crippen LogP) is 3.78. The fourth-order valence-corrected chi connectivity index (χ4v) is 3.03. The fourth-order valence-electron chi connectivity index (χ4n) is 3.03. The molecule has 0 amide bonds. The Morgan fingerprint density at radius 2 is 2.19 bits per heavy atom. The topological polar surface area (TPSA) is 34.1 Å². The van der Waals surface area contributed by atoms with Crippen LogP contribution in [0, 0.1) is 5.41 Å². The molecule has 3 nitrogen and oxygen atoms in total. The van der Waals surface area contributed by atoms with Gasteiger partial charge in [0.2, 0.25) is 0 Å². The van der Waals surface area contributed by atoms with Crippen LogP contribution in [-0.4, -0.2) is 23.7 Å². The van der Waals surface area contributed by atoms with Crippen LogP contribution in [0.5, 0.6) is 5.75 Å². The number of pyridine rings is 1. The molecule has 2 aromatic rings. The molecule has 1 aromatic heterocycles. The van der Waals surface area contributed by atoms with E-state index >= 15 is 0 Å². The second kappa shape index (κ2) is 5.64. The molecular formula is C18H24N2O. The van der Waals surface area contributed by atoms with Gasteiger partial charge in [-0.2, -0.15) is 0 Å². The highest BCUT2D eigenvalue weighted by molar-refractivity contribution is 5.79. The van der Waals surface area contributed by atoms with Gasteiger partial charge in [0, 0.05) is 35.5 Å². The summed E-state index contributed by atoms with van der Waals surface area (Å²) in [7, 11) is 0. The van der Waals surface area contributed by atoms with Crippen LogP contribution in [0.2, 0.25) is 0 Å². The van der Waals surface area contributed by atoms with Crippen molar-refractivity contribution in [3.05, 3.63) is 36.5 Å². The molecule has 112 valence electrons. The summed E-state index contributed by atoms with van der Waals surface area (Å²) in [6.07, 6.45) is 4.35. The molecule has 1 heterocycles. The van der Waals surface area contributed by atoms with Crippen molar-refractivity contribution in [3.8, 4) is 5.75 Å². The number of rotatable bonds is 5. The molecule has 0 bridgehead atoms. The Balaban J connectivity index is 1.69. The largest absolute Gasteiger partial charge is 0.490 e. The Labute approximate surface area is 126 Å². The molecule has 1 fully saturated rings. The third-order valence-electron chi connectivity index (χ3n) is 4.67. The molecule has 1 aromatic carbocycles. The van der Waals surface area contributed by atoms with E-state index in [0.717, 1.165) is 29.6 Å². The second-order valence-corrected chi connectivity index (χ2v) is 6.53. The van der Waals surface area contributed by atoms with Gasteiger partial charge >= 0.3 is 0 Å². The first kappa shape index (κ1) is 14.3. The maximum absolute atomic E-state index is 6.20. The second-order valence-electron chi connectivity index (χ2n) is 6.53. The fraction of sp³-hybridized carbons (Fsp3) is 0.500. The summed E-state index contributed by atoms with van der Waals surface area (Å²) in [6.45, 7) is 7.86. The summed E-state index contributed by atoms with van der Waals surface area (Å²) in [6, 6.07) is 10.8. The third-order valence-corrected chi connectivity index (χ3v) is 4.67. The summed E-state index contributed by atoms with van der Waals surface area (Å²) < 4.78 is 6.20. The van der Waals surface area contributed by atoms with Gasteiger partial charge in [0.05, 0.1) is 5.52 Å². The number of ether oxygens (including phenoxy) is 1. The van der Waals surface area contributed by atoms with Crippen molar-refractivity contribution in [1.82, 2.24) is 10.3 Å². The zero-order chi connectivity index (χ0) is 14.9. The standard InChI is InChI=1S/C18H24N2O/c1-4-9-20-16-12-17(18(16,2)3)21-14-8-7-13-6-5-10-19-15(13)11-14/h5-8,10-11,16-17,20H,4,9,12H2,1-3H3. The van der Waals surface area contributed by atoms with E-state index in [-0.39, 0.29) is 11.5 Å². The van der Waals surface area contributed by atoms with Crippen LogP contribution in [0.3, 0.4) is 0 Å². The van der Waals surface area contributed by atoms with E-state index in [4.69, 9.17) is 4.74 Å². The van der Waals surface area contributed by atoms with Crippen molar-refractivity contribution in [2.24, 2.45) is 5.41 Å². The van der Waals surface area contributed by atoms with Gasteiger partial charge in [-0.25, -0.2) is 0 Å². The van der Waals surface area contributed by atoms with Crippen molar-refractivity contribution >= 4 is 10.9 Å². The zero-order valence-electron chi connectivity index (χ0n) is 13.1. The first-order valence-corrected chi connectivity index (χ1v) is 7.86. The van der Waals surface area contributed by atoms with E-state index in [1.807, 2.05) is 24.4 Å². The number of hydrogen-bond acceptors (Lipinski definition) is 3. The van der Waals surface area contributed by atoms with Gasteiger partial charge in [-0.15, -0.1) is 0 Å². The smallest absolute Gasteiger partial charge is 0.121 e. The number of hydrogen-bond donors (Lipinski definition) is 1. The molecule has 21 heavy (non-hydrogen) atoms. The van der Waals surface area contributed by atoms with Gasteiger partial charge in [0.25, 0.3) is 0 Å². The first-order chi connectivity index (χ1) is 10.1. The first-order valence-electron chi connectivity index (χ1n) is 7.86. The molecule has 1 aliphatic rings. The highest BCUT2D eigenvalue weighted by atomic mass is 16.5. The molecule has 0 aliphatic heterocycles. The van der Waals surface area contributed by atoms with Gasteiger partial charge in [0.15, 0.2) is 0 Å². The average molecular weight is 284 g/mol. The number of fused-ring (bicyclic) bond motifs is 1. The lowest BCUT2D eigenvalue weighted by Gasteiger charge is -2.51. The van der Waals surface area contributed by atoms with Crippen molar-refractivity contribution in [1.29, 1.82) is 0 Å². The summed E-state index contributed by atoms with van der Waals surface area (Å²) in [5.74, 6) is 0.924. The summed E-state index contributed by atoms with van der Waals surface area (Å²) >= 11 is 0. The minimum absolute atomic E-state index is 0.175. The molecule has 3 rings (SSSR count). The number of aromatic nitrogens is 1. The van der Waals surface area contributed by atoms with Crippen LogP contribution in [0.25, 0.3) is 10.9 Å². The molecule has 1 N–H and O–H groups in total. The maximum atomic E-state index is 6.20. The molecule has 2 atom stereocenters. The molecule has 1 saturated carbocycles. The van der Waals surface area contributed by atoms with Gasteiger partial charge in [-0.1, -0.05) is 26.8 Å². The van der Waals surface area contributed by atoms with Crippen molar-refractivity contribution in [2.75, 3.05) is 6.54 Å². The number of nitrogens with zero attached hydrogens (tertiary/aromatic N) is 1. The Bertz CT molecular complexity index is 623. The Hall–Kier alpha value is -1.61. The summed E-state index contributed by atoms with van der Waals surface area (Å²) in [5.41, 5.74) is 1.17. The molecule has 0 spiro atoms. The average Bonchev–Trinajstić information content (AvgIpc) is 2.50. The van der Waals surface area contributed by atoms with Crippen LogP contribution >= 0.6 is 0 Å². The van der Waals surface area contributed by atoms with E-state index in [2.05, 4.69) is 43.2 Å². The van der Waals surface area contributed by atoms with Gasteiger partial charge in [-0.05, 0) is 31.2 Å². The lowest BCUT2D eigenvalue weighted by atomic mass is 9.64. The van der Waals surface area contributed by atoms with E-state index in [9.17, 15) is 0 Å². The van der Waals surface area contributed by atoms with Crippen molar-refractivity contribution in [2.45, 2.75) is 45.8 Å². The molecule has 2 unspecified atom stereocenters. The summed E-state index contributed by atoms with van der Waals surface area (Å²) in [4.78, 5) is 4.39. The van der Waals surface area contributed by atoms with Crippen LogP contribution in [0.4, 0.5) is 0 Å². The molecule has 0 radical (unpaired) electrons. The molecule has 0 saturated heterocycles. The number of benzene rings is 1. The maximum Gasteiger partial charge on any atom is 0.121 e. The van der Waals surface area contributed by atoms with E-state index in [1.54, 1.807) is 0 Å². The van der Waals surface area contributed by atoms with Gasteiger partial charge in [0.1, 0.15) is 11.9 Å². The Kier molecular flexibility index (Phi) is 3.85. The van der Waals surface area contributed by atoms with Crippen LogP contribution in [0.15, 0.2) is 36.5 Å². The van der Waals surface area contributed by atoms with E-state index in [1.165, 1.54) is 6.42 Å². The van der Waals surface area contributed by atoms with Crippen LogP contribution in [0.1, 0.15) is 33.6 Å². The van der Waals surface area contributed by atoms with E-state index in [0.29, 0.717) is 6.04 Å². The quantitative estimate of drug-likeness (QED) is 0.907. The van der Waals surface area contributed by atoms with Crippen LogP contribution in [-0.2, 0) is 0 Å². The summed E-state index contributed by atoms with van der Waals surface area (Å²) in [5, 5.41) is 4.77. The van der Waals surface area contributed by atoms with Crippen LogP contribution < -0.4 is 10.1 Å². The minimum atomic E-state index is 0.175. The van der Waals surface area contributed by atoms with E-state index < -0.39 is 0 Å². The molecule has 3 heteroatoms. The monoisotopic (exact) mass is 284 g/mol. The minimum Gasteiger partial charge on any atom is -0.490 e. The van der Waals surface area contributed by atoms with Gasteiger partial charge in [-0.3, -0.25) is 4.98 Å². The third kappa shape index (κ3) is 2.75. The Morgan fingerprint density at radius 1 is 1.33 bits per heavy atom. The lowest BCUT2D eigenvalue weighted by Crippen LogP contribution is -2.62.